The number of nitrogens with one attached hydrogen (secondary N) is 1. The maximum absolute atomic E-state index is 6.47. The highest BCUT2D eigenvalue weighted by Gasteiger charge is 2.16. The van der Waals surface area contributed by atoms with Crippen LogP contribution in [0.15, 0.2) is 6.07 Å². The number of hydrogen-bond acceptors (Lipinski definition) is 2. The molecule has 0 bridgehead atoms. The number of hydrogen-bond donors (Lipinski definition) is 1. The average molecular weight is 297 g/mol. The molecule has 1 N–H and O–H groups in total. The van der Waals surface area contributed by atoms with Crippen LogP contribution in [0.4, 0.5) is 5.69 Å². The lowest BCUT2D eigenvalue weighted by Crippen LogP contribution is -2.05. The Morgan fingerprint density at radius 3 is 2.47 bits per heavy atom. The van der Waals surface area contributed by atoms with E-state index < -0.39 is 0 Å². The van der Waals surface area contributed by atoms with Gasteiger partial charge in [0.1, 0.15) is 0 Å². The highest BCUT2D eigenvalue weighted by Crippen LogP contribution is 2.38. The zero-order valence-corrected chi connectivity index (χ0v) is 13.2. The van der Waals surface area contributed by atoms with Gasteiger partial charge in [0.05, 0.1) is 15.6 Å². The second kappa shape index (κ2) is 5.56. The van der Waals surface area contributed by atoms with E-state index in [0.717, 1.165) is 51.4 Å². The maximum atomic E-state index is 6.47. The van der Waals surface area contributed by atoms with Gasteiger partial charge in [0.15, 0.2) is 0 Å². The summed E-state index contributed by atoms with van der Waals surface area (Å²) in [6.45, 7) is 9.05. The van der Waals surface area contributed by atoms with Crippen molar-refractivity contribution in [2.45, 2.75) is 34.1 Å². The third kappa shape index (κ3) is 2.39. The van der Waals surface area contributed by atoms with Gasteiger partial charge in [-0.25, -0.2) is 0 Å². The van der Waals surface area contributed by atoms with Crippen LogP contribution >= 0.6 is 23.2 Å². The van der Waals surface area contributed by atoms with Crippen molar-refractivity contribution < 1.29 is 0 Å². The van der Waals surface area contributed by atoms with Crippen molar-refractivity contribution >= 4 is 39.8 Å². The number of pyridine rings is 1. The van der Waals surface area contributed by atoms with Gasteiger partial charge in [-0.2, -0.15) is 0 Å². The molecule has 0 unspecified atom stereocenters. The molecule has 0 atom stereocenters. The Bertz CT molecular complexity index is 636. The predicted molar refractivity (Wildman–Crippen MR) is 84.8 cm³/mol. The Morgan fingerprint density at radius 1 is 1.21 bits per heavy atom. The fraction of sp³-hybridized carbons (Fsp3) is 0.400. The quantitative estimate of drug-likeness (QED) is 0.847. The van der Waals surface area contributed by atoms with Crippen LogP contribution in [0, 0.1) is 13.8 Å². The summed E-state index contributed by atoms with van der Waals surface area (Å²) in [4.78, 5) is 4.68. The van der Waals surface area contributed by atoms with Crippen molar-refractivity contribution in [2.24, 2.45) is 0 Å². The molecular formula is C15H18Cl2N2. The number of anilines is 1. The van der Waals surface area contributed by atoms with E-state index in [-0.39, 0.29) is 0 Å². The summed E-state index contributed by atoms with van der Waals surface area (Å²) >= 11 is 12.8. The summed E-state index contributed by atoms with van der Waals surface area (Å²) in [6, 6.07) is 1.88. The van der Waals surface area contributed by atoms with E-state index >= 15 is 0 Å². The zero-order chi connectivity index (χ0) is 14.2. The Labute approximate surface area is 124 Å². The molecule has 0 fully saturated rings. The van der Waals surface area contributed by atoms with Crippen molar-refractivity contribution in [2.75, 3.05) is 11.9 Å². The molecule has 2 rings (SSSR count). The summed E-state index contributed by atoms with van der Waals surface area (Å²) in [6.07, 6.45) is 0.877. The first-order chi connectivity index (χ1) is 9.01. The predicted octanol–water partition coefficient (Wildman–Crippen LogP) is 5.15. The molecule has 1 aromatic carbocycles. The number of fused-ring (bicyclic) bond motifs is 1. The van der Waals surface area contributed by atoms with Gasteiger partial charge >= 0.3 is 0 Å². The number of nitrogens with zero attached hydrogens (tertiary/aromatic N) is 1. The number of halogens is 2. The molecule has 19 heavy (non-hydrogen) atoms. The lowest BCUT2D eigenvalue weighted by molar-refractivity contribution is 1.03. The summed E-state index contributed by atoms with van der Waals surface area (Å²) in [5, 5.41) is 5.73. The number of benzene rings is 1. The molecule has 1 heterocycles. The fourth-order valence-electron chi connectivity index (χ4n) is 2.37. The first-order valence-electron chi connectivity index (χ1n) is 6.52. The standard InChI is InChI=1S/C15H18Cl2N2/c1-5-11-9(4)14(18-6-2)12-13(17)8(3)7-10(16)15(12)19-11/h7H,5-6H2,1-4H3,(H,18,19). The Hall–Kier alpha value is -0.990. The van der Waals surface area contributed by atoms with Gasteiger partial charge in [0, 0.05) is 23.3 Å². The second-order valence-electron chi connectivity index (χ2n) is 4.66. The van der Waals surface area contributed by atoms with Gasteiger partial charge in [-0.3, -0.25) is 4.98 Å². The van der Waals surface area contributed by atoms with E-state index in [0.29, 0.717) is 5.02 Å². The number of aromatic nitrogens is 1. The van der Waals surface area contributed by atoms with E-state index in [2.05, 4.69) is 31.1 Å². The summed E-state index contributed by atoms with van der Waals surface area (Å²) < 4.78 is 0. The summed E-state index contributed by atoms with van der Waals surface area (Å²) in [5.74, 6) is 0. The van der Waals surface area contributed by atoms with E-state index in [4.69, 9.17) is 23.2 Å². The van der Waals surface area contributed by atoms with Crippen LogP contribution in [-0.4, -0.2) is 11.5 Å². The van der Waals surface area contributed by atoms with Gasteiger partial charge in [0.2, 0.25) is 0 Å². The van der Waals surface area contributed by atoms with Gasteiger partial charge in [-0.15, -0.1) is 0 Å². The molecular weight excluding hydrogens is 279 g/mol. The molecule has 0 aliphatic carbocycles. The zero-order valence-electron chi connectivity index (χ0n) is 11.7. The third-order valence-corrected chi connectivity index (χ3v) is 4.14. The minimum absolute atomic E-state index is 0.658. The van der Waals surface area contributed by atoms with Crippen molar-refractivity contribution in [3.05, 3.63) is 32.9 Å². The van der Waals surface area contributed by atoms with Crippen molar-refractivity contribution in [3.8, 4) is 0 Å². The largest absolute Gasteiger partial charge is 0.384 e. The minimum atomic E-state index is 0.658. The lowest BCUT2D eigenvalue weighted by Gasteiger charge is -2.17. The highest BCUT2D eigenvalue weighted by atomic mass is 35.5. The summed E-state index contributed by atoms with van der Waals surface area (Å²) in [7, 11) is 0. The minimum Gasteiger partial charge on any atom is -0.384 e. The molecule has 1 aromatic heterocycles. The average Bonchev–Trinajstić information content (AvgIpc) is 2.38. The van der Waals surface area contributed by atoms with Gasteiger partial charge in [-0.1, -0.05) is 30.1 Å². The van der Waals surface area contributed by atoms with E-state index in [1.807, 2.05) is 13.0 Å². The number of aryl methyl sites for hydroxylation is 2. The van der Waals surface area contributed by atoms with E-state index in [9.17, 15) is 0 Å². The summed E-state index contributed by atoms with van der Waals surface area (Å²) in [5.41, 5.74) is 5.03. The second-order valence-corrected chi connectivity index (χ2v) is 5.44. The SMILES string of the molecule is CCNc1c(C)c(CC)nc2c(Cl)cc(C)c(Cl)c12. The smallest absolute Gasteiger partial charge is 0.0927 e. The molecule has 0 saturated carbocycles. The monoisotopic (exact) mass is 296 g/mol. The van der Waals surface area contributed by atoms with Crippen LogP contribution in [0.25, 0.3) is 10.9 Å². The third-order valence-electron chi connectivity index (χ3n) is 3.37. The van der Waals surface area contributed by atoms with Crippen LogP contribution in [-0.2, 0) is 6.42 Å². The van der Waals surface area contributed by atoms with Gasteiger partial charge < -0.3 is 5.32 Å². The van der Waals surface area contributed by atoms with Crippen molar-refractivity contribution in [1.82, 2.24) is 4.98 Å². The molecule has 0 aliphatic rings. The Morgan fingerprint density at radius 2 is 1.89 bits per heavy atom. The van der Waals surface area contributed by atoms with Crippen molar-refractivity contribution in [3.63, 3.8) is 0 Å². The maximum Gasteiger partial charge on any atom is 0.0927 e. The Balaban J connectivity index is 2.96. The first kappa shape index (κ1) is 14.4. The molecule has 2 nitrogen and oxygen atoms in total. The highest BCUT2D eigenvalue weighted by molar-refractivity contribution is 6.41. The number of rotatable bonds is 3. The van der Waals surface area contributed by atoms with Crippen LogP contribution in [0.3, 0.4) is 0 Å². The van der Waals surface area contributed by atoms with Crippen LogP contribution in [0.5, 0.6) is 0 Å². The normalized spacial score (nSPS) is 11.1. The van der Waals surface area contributed by atoms with Crippen LogP contribution in [0.1, 0.15) is 30.7 Å². The molecule has 4 heteroatoms. The van der Waals surface area contributed by atoms with Crippen LogP contribution in [0.2, 0.25) is 10.0 Å². The topological polar surface area (TPSA) is 24.9 Å². The van der Waals surface area contributed by atoms with Gasteiger partial charge in [-0.05, 0) is 44.4 Å². The molecule has 0 radical (unpaired) electrons. The lowest BCUT2D eigenvalue weighted by atomic mass is 10.0. The molecule has 0 amide bonds. The van der Waals surface area contributed by atoms with Crippen molar-refractivity contribution in [1.29, 1.82) is 0 Å². The fourth-order valence-corrected chi connectivity index (χ4v) is 2.91. The van der Waals surface area contributed by atoms with Crippen LogP contribution < -0.4 is 5.32 Å². The molecule has 0 aliphatic heterocycles. The van der Waals surface area contributed by atoms with Gasteiger partial charge in [0.25, 0.3) is 0 Å². The van der Waals surface area contributed by atoms with E-state index in [1.54, 1.807) is 0 Å². The Kier molecular flexibility index (Phi) is 4.22. The molecule has 0 saturated heterocycles. The van der Waals surface area contributed by atoms with E-state index in [1.165, 1.54) is 0 Å². The molecule has 2 aromatic rings. The molecule has 102 valence electrons. The first-order valence-corrected chi connectivity index (χ1v) is 7.28. The molecule has 0 spiro atoms.